The zero-order valence-electron chi connectivity index (χ0n) is 16.2. The molecule has 146 valence electrons. The van der Waals surface area contributed by atoms with Gasteiger partial charge in [0.25, 0.3) is 0 Å². The quantitative estimate of drug-likeness (QED) is 0.459. The van der Waals surface area contributed by atoms with Gasteiger partial charge in [0.1, 0.15) is 6.61 Å². The summed E-state index contributed by atoms with van der Waals surface area (Å²) in [6.45, 7) is 5.11. The minimum atomic E-state index is 0.426. The Balaban J connectivity index is 1.73. The lowest BCUT2D eigenvalue weighted by Gasteiger charge is -2.15. The van der Waals surface area contributed by atoms with Gasteiger partial charge in [0.2, 0.25) is 0 Å². The summed E-state index contributed by atoms with van der Waals surface area (Å²) in [6, 6.07) is 17.8. The predicted molar refractivity (Wildman–Crippen MR) is 117 cm³/mol. The van der Waals surface area contributed by atoms with E-state index in [4.69, 9.17) is 32.7 Å². The summed E-state index contributed by atoms with van der Waals surface area (Å²) in [5.41, 5.74) is 5.39. The first-order chi connectivity index (χ1) is 13.5. The van der Waals surface area contributed by atoms with E-state index < -0.39 is 0 Å². The van der Waals surface area contributed by atoms with Crippen LogP contribution in [0.2, 0.25) is 10.0 Å². The second-order valence-corrected chi connectivity index (χ2v) is 7.54. The third-order valence-electron chi connectivity index (χ3n) is 4.48. The molecule has 0 spiro atoms. The molecule has 5 heteroatoms. The number of methoxy groups -OCH3 is 1. The van der Waals surface area contributed by atoms with Crippen LogP contribution in [0.4, 0.5) is 5.69 Å². The summed E-state index contributed by atoms with van der Waals surface area (Å²) in [7, 11) is 1.61. The molecule has 0 unspecified atom stereocenters. The molecule has 0 aromatic heterocycles. The number of hydrogen-bond acceptors (Lipinski definition) is 3. The van der Waals surface area contributed by atoms with Gasteiger partial charge in [-0.05, 0) is 54.8 Å². The van der Waals surface area contributed by atoms with Gasteiger partial charge in [-0.3, -0.25) is 0 Å². The molecule has 0 saturated heterocycles. The first-order valence-electron chi connectivity index (χ1n) is 9.01. The van der Waals surface area contributed by atoms with Gasteiger partial charge in [-0.1, -0.05) is 59.1 Å². The van der Waals surface area contributed by atoms with Gasteiger partial charge < -0.3 is 14.8 Å². The summed E-state index contributed by atoms with van der Waals surface area (Å²) in [5.74, 6) is 1.16. The van der Waals surface area contributed by atoms with Gasteiger partial charge in [-0.2, -0.15) is 0 Å². The summed E-state index contributed by atoms with van der Waals surface area (Å²) in [5, 5.41) is 4.61. The van der Waals surface area contributed by atoms with Gasteiger partial charge in [0.15, 0.2) is 11.5 Å². The number of ether oxygens (including phenoxy) is 2. The molecule has 0 saturated carbocycles. The van der Waals surface area contributed by atoms with Crippen molar-refractivity contribution in [3.8, 4) is 11.5 Å². The average molecular weight is 416 g/mol. The van der Waals surface area contributed by atoms with E-state index >= 15 is 0 Å². The molecule has 0 atom stereocenters. The number of hydrogen-bond donors (Lipinski definition) is 1. The van der Waals surface area contributed by atoms with Crippen molar-refractivity contribution in [2.75, 3.05) is 12.4 Å². The lowest BCUT2D eigenvalue weighted by atomic mass is 10.1. The zero-order chi connectivity index (χ0) is 20.1. The predicted octanol–water partition coefficient (Wildman–Crippen LogP) is 6.81. The number of aryl methyl sites for hydroxylation is 2. The maximum Gasteiger partial charge on any atom is 0.180 e. The van der Waals surface area contributed by atoms with Gasteiger partial charge in [0, 0.05) is 17.3 Å². The van der Waals surface area contributed by atoms with Crippen LogP contribution in [0.5, 0.6) is 11.5 Å². The molecule has 0 fully saturated rings. The molecule has 3 aromatic carbocycles. The minimum Gasteiger partial charge on any atom is -0.493 e. The van der Waals surface area contributed by atoms with Crippen molar-refractivity contribution in [2.45, 2.75) is 27.0 Å². The Morgan fingerprint density at radius 2 is 1.64 bits per heavy atom. The third-order valence-corrected chi connectivity index (χ3v) is 4.99. The molecule has 28 heavy (non-hydrogen) atoms. The van der Waals surface area contributed by atoms with Crippen LogP contribution in [0.25, 0.3) is 0 Å². The van der Waals surface area contributed by atoms with E-state index in [1.807, 2.05) is 49.4 Å². The lowest BCUT2D eigenvalue weighted by Crippen LogP contribution is -2.03. The van der Waals surface area contributed by atoms with Crippen LogP contribution in [0, 0.1) is 13.8 Å². The molecular formula is C23H23Cl2NO2. The van der Waals surface area contributed by atoms with Crippen LogP contribution in [0.3, 0.4) is 0 Å². The maximum absolute atomic E-state index is 6.49. The highest BCUT2D eigenvalue weighted by atomic mass is 35.5. The second-order valence-electron chi connectivity index (χ2n) is 6.70. The van der Waals surface area contributed by atoms with Crippen LogP contribution in [0.15, 0.2) is 54.6 Å². The third kappa shape index (κ3) is 5.12. The molecule has 3 nitrogen and oxygen atoms in total. The Hall–Kier alpha value is -2.36. The molecule has 3 rings (SSSR count). The number of anilines is 1. The normalized spacial score (nSPS) is 10.6. The van der Waals surface area contributed by atoms with Crippen molar-refractivity contribution >= 4 is 28.9 Å². The number of rotatable bonds is 7. The topological polar surface area (TPSA) is 30.5 Å². The van der Waals surface area contributed by atoms with Crippen molar-refractivity contribution in [2.24, 2.45) is 0 Å². The van der Waals surface area contributed by atoms with E-state index in [0.717, 1.165) is 22.4 Å². The fourth-order valence-corrected chi connectivity index (χ4v) is 3.30. The first-order valence-corrected chi connectivity index (χ1v) is 9.76. The minimum absolute atomic E-state index is 0.426. The average Bonchev–Trinajstić information content (AvgIpc) is 2.68. The van der Waals surface area contributed by atoms with E-state index in [-0.39, 0.29) is 0 Å². The van der Waals surface area contributed by atoms with Crippen molar-refractivity contribution in [1.29, 1.82) is 0 Å². The standard InChI is InChI=1S/C23H23Cl2NO2/c1-15-4-7-17(8-5-15)14-28-23-20(25)10-18(11-22(23)27-3)13-26-21-12-19(24)9-6-16(21)2/h4-12,26H,13-14H2,1-3H3. The van der Waals surface area contributed by atoms with Crippen molar-refractivity contribution in [1.82, 2.24) is 0 Å². The van der Waals surface area contributed by atoms with E-state index in [2.05, 4.69) is 24.4 Å². The lowest BCUT2D eigenvalue weighted by molar-refractivity contribution is 0.284. The Labute approximate surface area is 176 Å². The molecule has 0 amide bonds. The molecule has 0 radical (unpaired) electrons. The molecule has 0 bridgehead atoms. The number of nitrogens with one attached hydrogen (secondary N) is 1. The van der Waals surface area contributed by atoms with Gasteiger partial charge >= 0.3 is 0 Å². The van der Waals surface area contributed by atoms with Gasteiger partial charge in [-0.15, -0.1) is 0 Å². The largest absolute Gasteiger partial charge is 0.493 e. The monoisotopic (exact) mass is 415 g/mol. The van der Waals surface area contributed by atoms with Crippen LogP contribution < -0.4 is 14.8 Å². The van der Waals surface area contributed by atoms with Crippen LogP contribution in [0.1, 0.15) is 22.3 Å². The van der Waals surface area contributed by atoms with Crippen LogP contribution >= 0.6 is 23.2 Å². The molecule has 3 aromatic rings. The Kier molecular flexibility index (Phi) is 6.71. The van der Waals surface area contributed by atoms with Crippen molar-refractivity contribution in [3.63, 3.8) is 0 Å². The fraction of sp³-hybridized carbons (Fsp3) is 0.217. The van der Waals surface area contributed by atoms with Crippen LogP contribution in [-0.4, -0.2) is 7.11 Å². The highest BCUT2D eigenvalue weighted by molar-refractivity contribution is 6.32. The van der Waals surface area contributed by atoms with E-state index in [1.165, 1.54) is 5.56 Å². The molecule has 0 aliphatic heterocycles. The highest BCUT2D eigenvalue weighted by Crippen LogP contribution is 2.37. The summed E-state index contributed by atoms with van der Waals surface area (Å²) in [4.78, 5) is 0. The highest BCUT2D eigenvalue weighted by Gasteiger charge is 2.13. The van der Waals surface area contributed by atoms with E-state index in [9.17, 15) is 0 Å². The number of benzene rings is 3. The Morgan fingerprint density at radius 3 is 2.36 bits per heavy atom. The molecule has 0 aliphatic carbocycles. The first kappa shape index (κ1) is 20.4. The van der Waals surface area contributed by atoms with Crippen molar-refractivity contribution in [3.05, 3.63) is 86.9 Å². The Bertz CT molecular complexity index is 956. The van der Waals surface area contributed by atoms with Gasteiger partial charge in [0.05, 0.1) is 12.1 Å². The molecule has 0 heterocycles. The number of halogens is 2. The second kappa shape index (κ2) is 9.22. The SMILES string of the molecule is COc1cc(CNc2cc(Cl)ccc2C)cc(Cl)c1OCc1ccc(C)cc1. The summed E-state index contributed by atoms with van der Waals surface area (Å²) < 4.78 is 11.5. The summed E-state index contributed by atoms with van der Waals surface area (Å²) >= 11 is 12.6. The zero-order valence-corrected chi connectivity index (χ0v) is 17.7. The van der Waals surface area contributed by atoms with Crippen LogP contribution in [-0.2, 0) is 13.2 Å². The van der Waals surface area contributed by atoms with Gasteiger partial charge in [-0.25, -0.2) is 0 Å². The fourth-order valence-electron chi connectivity index (χ4n) is 2.84. The molecular weight excluding hydrogens is 393 g/mol. The molecule has 1 N–H and O–H groups in total. The van der Waals surface area contributed by atoms with Crippen molar-refractivity contribution < 1.29 is 9.47 Å². The van der Waals surface area contributed by atoms with E-state index in [0.29, 0.717) is 34.7 Å². The molecule has 0 aliphatic rings. The smallest absolute Gasteiger partial charge is 0.180 e. The Morgan fingerprint density at radius 1 is 0.893 bits per heavy atom. The maximum atomic E-state index is 6.49. The summed E-state index contributed by atoms with van der Waals surface area (Å²) in [6.07, 6.45) is 0. The van der Waals surface area contributed by atoms with E-state index in [1.54, 1.807) is 7.11 Å².